The molecule has 3 aromatic rings. The molecule has 8 heteroatoms. The lowest BCUT2D eigenvalue weighted by atomic mass is 10.2. The fourth-order valence-corrected chi connectivity index (χ4v) is 5.13. The summed E-state index contributed by atoms with van der Waals surface area (Å²) in [6, 6.07) is 14.1. The van der Waals surface area contributed by atoms with Crippen molar-refractivity contribution in [2.45, 2.75) is 31.1 Å². The summed E-state index contributed by atoms with van der Waals surface area (Å²) in [5.41, 5.74) is 2.26. The Morgan fingerprint density at radius 2 is 1.87 bits per heavy atom. The molecular formula is C23H29Cl2N3OS2. The first kappa shape index (κ1) is 25.9. The number of carbonyl (C=O) groups is 1. The van der Waals surface area contributed by atoms with E-state index in [2.05, 4.69) is 44.1 Å². The number of aryl methyl sites for hydroxylation is 1. The summed E-state index contributed by atoms with van der Waals surface area (Å²) in [6.45, 7) is 3.77. The van der Waals surface area contributed by atoms with Crippen LogP contribution < -0.4 is 4.90 Å². The third-order valence-corrected chi connectivity index (χ3v) is 7.07. The van der Waals surface area contributed by atoms with E-state index in [0.29, 0.717) is 13.0 Å². The molecule has 0 spiro atoms. The summed E-state index contributed by atoms with van der Waals surface area (Å²) in [7, 11) is 4.11. The summed E-state index contributed by atoms with van der Waals surface area (Å²) in [6.07, 6.45) is 2.39. The van der Waals surface area contributed by atoms with Crippen molar-refractivity contribution in [2.75, 3.05) is 37.8 Å². The largest absolute Gasteiger partial charge is 0.309 e. The number of thioether (sulfide) groups is 1. The van der Waals surface area contributed by atoms with Crippen LogP contribution in [0.15, 0.2) is 47.4 Å². The van der Waals surface area contributed by atoms with Gasteiger partial charge in [-0.2, -0.15) is 0 Å². The molecule has 0 unspecified atom stereocenters. The highest BCUT2D eigenvalue weighted by atomic mass is 35.5. The van der Waals surface area contributed by atoms with Gasteiger partial charge in [0.2, 0.25) is 5.91 Å². The monoisotopic (exact) mass is 497 g/mol. The zero-order chi connectivity index (χ0) is 21.5. The second-order valence-corrected chi connectivity index (χ2v) is 10.0. The van der Waals surface area contributed by atoms with Crippen molar-refractivity contribution in [1.82, 2.24) is 9.88 Å². The minimum atomic E-state index is 0. The van der Waals surface area contributed by atoms with Crippen molar-refractivity contribution in [2.24, 2.45) is 0 Å². The molecule has 0 atom stereocenters. The number of hydrogen-bond acceptors (Lipinski definition) is 5. The van der Waals surface area contributed by atoms with Gasteiger partial charge in [0.05, 0.1) is 10.2 Å². The Labute approximate surface area is 204 Å². The third kappa shape index (κ3) is 7.65. The van der Waals surface area contributed by atoms with E-state index in [1.54, 1.807) is 23.1 Å². The minimum absolute atomic E-state index is 0. The Balaban J connectivity index is 0.00000341. The van der Waals surface area contributed by atoms with Gasteiger partial charge in [0.25, 0.3) is 0 Å². The number of halogens is 2. The standard InChI is InChI=1S/C23H28ClN3OS2.ClH/c1-4-17-6-11-20-21(16-17)30-23(25-20)27(14-5-13-26(2)3)22(28)12-15-29-19-9-7-18(24)8-10-19;/h6-11,16H,4-5,12-15H2,1-3H3;1H. The minimum Gasteiger partial charge on any atom is -0.309 e. The number of fused-ring (bicyclic) bond motifs is 1. The van der Waals surface area contributed by atoms with Crippen molar-refractivity contribution < 1.29 is 4.79 Å². The zero-order valence-corrected chi connectivity index (χ0v) is 21.3. The van der Waals surface area contributed by atoms with E-state index in [1.807, 2.05) is 29.2 Å². The third-order valence-electron chi connectivity index (χ3n) is 4.77. The van der Waals surface area contributed by atoms with E-state index >= 15 is 0 Å². The second kappa shape index (κ2) is 12.7. The molecule has 0 radical (unpaired) electrons. The molecule has 0 aliphatic carbocycles. The Morgan fingerprint density at radius 3 is 2.55 bits per heavy atom. The molecular weight excluding hydrogens is 469 g/mol. The van der Waals surface area contributed by atoms with E-state index < -0.39 is 0 Å². The van der Waals surface area contributed by atoms with Gasteiger partial charge in [0, 0.05) is 28.6 Å². The van der Waals surface area contributed by atoms with Crippen molar-refractivity contribution in [3.63, 3.8) is 0 Å². The first-order valence-corrected chi connectivity index (χ1v) is 12.4. The molecule has 1 amide bonds. The molecule has 0 fully saturated rings. The van der Waals surface area contributed by atoms with Gasteiger partial charge in [-0.1, -0.05) is 35.9 Å². The number of carbonyl (C=O) groups excluding carboxylic acids is 1. The number of anilines is 1. The Bertz CT molecular complexity index is 977. The molecule has 0 saturated carbocycles. The van der Waals surface area contributed by atoms with E-state index in [4.69, 9.17) is 16.6 Å². The van der Waals surface area contributed by atoms with Crippen LogP contribution in [0.1, 0.15) is 25.3 Å². The predicted octanol–water partition coefficient (Wildman–Crippen LogP) is 6.40. The van der Waals surface area contributed by atoms with Gasteiger partial charge in [-0.3, -0.25) is 9.69 Å². The maximum atomic E-state index is 13.1. The zero-order valence-electron chi connectivity index (χ0n) is 18.1. The fourth-order valence-electron chi connectivity index (χ4n) is 3.09. The Hall–Kier alpha value is -1.31. The lowest BCUT2D eigenvalue weighted by Crippen LogP contribution is -2.33. The molecule has 31 heavy (non-hydrogen) atoms. The molecule has 1 heterocycles. The van der Waals surface area contributed by atoms with Gasteiger partial charge in [-0.05, 0) is 75.4 Å². The van der Waals surface area contributed by atoms with Crippen molar-refractivity contribution in [3.8, 4) is 0 Å². The summed E-state index contributed by atoms with van der Waals surface area (Å²) >= 11 is 9.24. The lowest BCUT2D eigenvalue weighted by molar-refractivity contribution is -0.118. The molecule has 2 aromatic carbocycles. The number of nitrogens with zero attached hydrogens (tertiary/aromatic N) is 3. The topological polar surface area (TPSA) is 36.4 Å². The van der Waals surface area contributed by atoms with Crippen molar-refractivity contribution in [3.05, 3.63) is 53.1 Å². The second-order valence-electron chi connectivity index (χ2n) is 7.41. The van der Waals surface area contributed by atoms with Gasteiger partial charge >= 0.3 is 0 Å². The average molecular weight is 499 g/mol. The van der Waals surface area contributed by atoms with E-state index in [0.717, 1.165) is 50.4 Å². The number of rotatable bonds is 10. The van der Waals surface area contributed by atoms with Crippen LogP contribution in [0.5, 0.6) is 0 Å². The lowest BCUT2D eigenvalue weighted by Gasteiger charge is -2.21. The number of thiazole rings is 1. The first-order valence-electron chi connectivity index (χ1n) is 10.2. The van der Waals surface area contributed by atoms with Gasteiger partial charge in [-0.25, -0.2) is 4.98 Å². The number of benzene rings is 2. The van der Waals surface area contributed by atoms with Crippen LogP contribution in [-0.4, -0.2) is 48.7 Å². The summed E-state index contributed by atoms with van der Waals surface area (Å²) < 4.78 is 1.14. The number of aromatic nitrogens is 1. The smallest absolute Gasteiger partial charge is 0.229 e. The molecule has 0 aliphatic rings. The summed E-state index contributed by atoms with van der Waals surface area (Å²) in [5, 5.41) is 1.53. The van der Waals surface area contributed by atoms with Crippen LogP contribution >= 0.6 is 47.1 Å². The van der Waals surface area contributed by atoms with Gasteiger partial charge in [0.15, 0.2) is 5.13 Å². The molecule has 0 saturated heterocycles. The van der Waals surface area contributed by atoms with E-state index in [1.165, 1.54) is 5.56 Å². The van der Waals surface area contributed by atoms with Crippen LogP contribution in [0.25, 0.3) is 10.2 Å². The molecule has 3 rings (SSSR count). The quantitative estimate of drug-likeness (QED) is 0.303. The normalized spacial score (nSPS) is 11.0. The molecule has 0 bridgehead atoms. The van der Waals surface area contributed by atoms with Gasteiger partial charge < -0.3 is 4.90 Å². The SMILES string of the molecule is CCc1ccc2nc(N(CCCN(C)C)C(=O)CCSc3ccc(Cl)cc3)sc2c1.Cl. The van der Waals surface area contributed by atoms with Crippen molar-refractivity contribution >= 4 is 68.4 Å². The highest BCUT2D eigenvalue weighted by Gasteiger charge is 2.19. The van der Waals surface area contributed by atoms with Crippen LogP contribution in [0, 0.1) is 0 Å². The summed E-state index contributed by atoms with van der Waals surface area (Å²) in [5.74, 6) is 0.861. The molecule has 1 aromatic heterocycles. The van der Waals surface area contributed by atoms with Crippen molar-refractivity contribution in [1.29, 1.82) is 0 Å². The highest BCUT2D eigenvalue weighted by Crippen LogP contribution is 2.31. The number of amides is 1. The Morgan fingerprint density at radius 1 is 1.13 bits per heavy atom. The Kier molecular flexibility index (Phi) is 10.6. The average Bonchev–Trinajstić information content (AvgIpc) is 3.15. The maximum absolute atomic E-state index is 13.1. The molecule has 0 aliphatic heterocycles. The molecule has 168 valence electrons. The van der Waals surface area contributed by atoms with Gasteiger partial charge in [-0.15, -0.1) is 24.2 Å². The van der Waals surface area contributed by atoms with E-state index in [-0.39, 0.29) is 18.3 Å². The molecule has 0 N–H and O–H groups in total. The van der Waals surface area contributed by atoms with Crippen LogP contribution in [0.4, 0.5) is 5.13 Å². The first-order chi connectivity index (χ1) is 14.5. The van der Waals surface area contributed by atoms with Crippen LogP contribution in [-0.2, 0) is 11.2 Å². The summed E-state index contributed by atoms with van der Waals surface area (Å²) in [4.78, 5) is 23.0. The number of hydrogen-bond donors (Lipinski definition) is 0. The predicted molar refractivity (Wildman–Crippen MR) is 139 cm³/mol. The maximum Gasteiger partial charge on any atom is 0.229 e. The van der Waals surface area contributed by atoms with Gasteiger partial charge in [0.1, 0.15) is 0 Å². The van der Waals surface area contributed by atoms with E-state index in [9.17, 15) is 4.79 Å². The molecule has 4 nitrogen and oxygen atoms in total. The fraction of sp³-hybridized carbons (Fsp3) is 0.391. The van der Waals surface area contributed by atoms with Crippen LogP contribution in [0.3, 0.4) is 0 Å². The highest BCUT2D eigenvalue weighted by molar-refractivity contribution is 7.99. The van der Waals surface area contributed by atoms with Crippen LogP contribution in [0.2, 0.25) is 5.02 Å².